The Bertz CT molecular complexity index is 847. The molecular formula is C16H15NO2. The average molecular weight is 253 g/mol. The smallest absolute Gasteiger partial charge is 0.200 e. The lowest BCUT2D eigenvalue weighted by atomic mass is 10.0. The van der Waals surface area contributed by atoms with Crippen LogP contribution < -0.4 is 10.2 Å². The van der Waals surface area contributed by atoms with Crippen LogP contribution in [0.25, 0.3) is 21.8 Å². The van der Waals surface area contributed by atoms with Crippen molar-refractivity contribution in [3.8, 4) is 5.75 Å². The number of hydrogen-bond acceptors (Lipinski definition) is 2. The lowest BCUT2D eigenvalue weighted by molar-refractivity contribution is 0.419. The summed E-state index contributed by atoms with van der Waals surface area (Å²) in [6.45, 7) is 4.03. The fourth-order valence-corrected chi connectivity index (χ4v) is 2.49. The first-order valence-electron chi connectivity index (χ1n) is 6.22. The van der Waals surface area contributed by atoms with Crippen molar-refractivity contribution in [3.63, 3.8) is 0 Å². The number of aromatic amines is 1. The summed E-state index contributed by atoms with van der Waals surface area (Å²) < 4.78 is 5.37. The maximum absolute atomic E-state index is 12.6. The topological polar surface area (TPSA) is 42.1 Å². The van der Waals surface area contributed by atoms with E-state index in [0.29, 0.717) is 16.5 Å². The molecule has 3 heteroatoms. The molecule has 2 aromatic carbocycles. The molecule has 3 aromatic rings. The monoisotopic (exact) mass is 253 g/mol. The second-order valence-corrected chi connectivity index (χ2v) is 4.77. The highest BCUT2D eigenvalue weighted by Crippen LogP contribution is 2.28. The maximum atomic E-state index is 12.6. The summed E-state index contributed by atoms with van der Waals surface area (Å²) in [4.78, 5) is 16.0. The SMILES string of the molecule is COc1cc(C)c(C)c2[nH]c3ccccc3c(=O)c12. The van der Waals surface area contributed by atoms with E-state index >= 15 is 0 Å². The number of rotatable bonds is 1. The van der Waals surface area contributed by atoms with Gasteiger partial charge < -0.3 is 9.72 Å². The Hall–Kier alpha value is -2.29. The van der Waals surface area contributed by atoms with Gasteiger partial charge in [0.25, 0.3) is 0 Å². The zero-order valence-electron chi connectivity index (χ0n) is 11.2. The number of benzene rings is 2. The van der Waals surface area contributed by atoms with Gasteiger partial charge in [-0.15, -0.1) is 0 Å². The van der Waals surface area contributed by atoms with Crippen molar-refractivity contribution in [1.29, 1.82) is 0 Å². The van der Waals surface area contributed by atoms with E-state index in [-0.39, 0.29) is 5.43 Å². The number of aromatic nitrogens is 1. The molecule has 0 bridgehead atoms. The highest BCUT2D eigenvalue weighted by molar-refractivity contribution is 5.97. The van der Waals surface area contributed by atoms with Crippen LogP contribution in [0.3, 0.4) is 0 Å². The van der Waals surface area contributed by atoms with Gasteiger partial charge in [0, 0.05) is 10.9 Å². The van der Waals surface area contributed by atoms with Crippen molar-refractivity contribution in [2.24, 2.45) is 0 Å². The molecule has 0 atom stereocenters. The number of aryl methyl sites for hydroxylation is 2. The highest BCUT2D eigenvalue weighted by atomic mass is 16.5. The van der Waals surface area contributed by atoms with Gasteiger partial charge in [-0.3, -0.25) is 4.79 Å². The molecule has 19 heavy (non-hydrogen) atoms. The average Bonchev–Trinajstić information content (AvgIpc) is 2.43. The predicted molar refractivity (Wildman–Crippen MR) is 78.1 cm³/mol. The van der Waals surface area contributed by atoms with Gasteiger partial charge in [-0.1, -0.05) is 12.1 Å². The van der Waals surface area contributed by atoms with E-state index in [1.165, 1.54) is 0 Å². The molecule has 0 saturated heterocycles. The highest BCUT2D eigenvalue weighted by Gasteiger charge is 2.13. The van der Waals surface area contributed by atoms with E-state index in [1.807, 2.05) is 44.2 Å². The number of nitrogens with one attached hydrogen (secondary N) is 1. The molecule has 96 valence electrons. The van der Waals surface area contributed by atoms with Crippen LogP contribution in [-0.4, -0.2) is 12.1 Å². The van der Waals surface area contributed by atoms with Gasteiger partial charge in [0.15, 0.2) is 0 Å². The summed E-state index contributed by atoms with van der Waals surface area (Å²) in [6.07, 6.45) is 0. The van der Waals surface area contributed by atoms with Gasteiger partial charge in [0.2, 0.25) is 5.43 Å². The van der Waals surface area contributed by atoms with E-state index in [9.17, 15) is 4.79 Å². The fraction of sp³-hybridized carbons (Fsp3) is 0.188. The first-order chi connectivity index (χ1) is 9.13. The van der Waals surface area contributed by atoms with Gasteiger partial charge in [0.1, 0.15) is 5.75 Å². The molecule has 1 N–H and O–H groups in total. The minimum Gasteiger partial charge on any atom is -0.496 e. The molecule has 0 aliphatic carbocycles. The Labute approximate surface area is 110 Å². The standard InChI is InChI=1S/C16H15NO2/c1-9-8-13(19-3)14-15(10(9)2)17-12-7-5-4-6-11(12)16(14)18/h4-8H,1-3H3,(H,17,18). The third kappa shape index (κ3) is 1.62. The van der Waals surface area contributed by atoms with Crippen molar-refractivity contribution in [3.05, 3.63) is 51.7 Å². The van der Waals surface area contributed by atoms with Crippen LogP contribution >= 0.6 is 0 Å². The normalized spacial score (nSPS) is 11.1. The molecule has 3 rings (SSSR count). The predicted octanol–water partition coefficient (Wildman–Crippen LogP) is 3.31. The Morgan fingerprint density at radius 1 is 1.16 bits per heavy atom. The van der Waals surface area contributed by atoms with E-state index in [0.717, 1.165) is 22.2 Å². The minimum absolute atomic E-state index is 0.0179. The molecule has 0 saturated carbocycles. The molecule has 0 amide bonds. The minimum atomic E-state index is 0.0179. The van der Waals surface area contributed by atoms with Crippen molar-refractivity contribution >= 4 is 21.8 Å². The lowest BCUT2D eigenvalue weighted by Crippen LogP contribution is -2.07. The van der Waals surface area contributed by atoms with Gasteiger partial charge in [-0.25, -0.2) is 0 Å². The molecule has 0 radical (unpaired) electrons. The first kappa shape index (κ1) is 11.8. The third-order valence-electron chi connectivity index (χ3n) is 3.69. The van der Waals surface area contributed by atoms with Crippen molar-refractivity contribution in [2.45, 2.75) is 13.8 Å². The van der Waals surface area contributed by atoms with Crippen LogP contribution in [0, 0.1) is 13.8 Å². The number of pyridine rings is 1. The number of para-hydroxylation sites is 1. The fourth-order valence-electron chi connectivity index (χ4n) is 2.49. The maximum Gasteiger partial charge on any atom is 0.200 e. The van der Waals surface area contributed by atoms with Crippen LogP contribution in [0.1, 0.15) is 11.1 Å². The largest absolute Gasteiger partial charge is 0.496 e. The summed E-state index contributed by atoms with van der Waals surface area (Å²) in [5, 5.41) is 1.32. The third-order valence-corrected chi connectivity index (χ3v) is 3.69. The van der Waals surface area contributed by atoms with E-state index < -0.39 is 0 Å². The van der Waals surface area contributed by atoms with Crippen LogP contribution in [0.4, 0.5) is 0 Å². The van der Waals surface area contributed by atoms with Crippen molar-refractivity contribution in [2.75, 3.05) is 7.11 Å². The van der Waals surface area contributed by atoms with Gasteiger partial charge in [0.05, 0.1) is 18.0 Å². The molecule has 0 spiro atoms. The summed E-state index contributed by atoms with van der Waals surface area (Å²) in [7, 11) is 1.60. The van der Waals surface area contributed by atoms with Gasteiger partial charge >= 0.3 is 0 Å². The van der Waals surface area contributed by atoms with Gasteiger partial charge in [-0.05, 0) is 43.2 Å². The number of hydrogen-bond donors (Lipinski definition) is 1. The summed E-state index contributed by atoms with van der Waals surface area (Å²) >= 11 is 0. The molecular weight excluding hydrogens is 238 g/mol. The van der Waals surface area contributed by atoms with E-state index in [2.05, 4.69) is 4.98 Å². The molecule has 1 heterocycles. The summed E-state index contributed by atoms with van der Waals surface area (Å²) in [5.74, 6) is 0.630. The molecule has 1 aromatic heterocycles. The number of ether oxygens (including phenoxy) is 1. The Balaban J connectivity index is 2.65. The number of H-pyrrole nitrogens is 1. The summed E-state index contributed by atoms with van der Waals surface area (Å²) in [5.41, 5.74) is 3.93. The van der Waals surface area contributed by atoms with Crippen LogP contribution in [-0.2, 0) is 0 Å². The second-order valence-electron chi connectivity index (χ2n) is 4.77. The van der Waals surface area contributed by atoms with Crippen molar-refractivity contribution < 1.29 is 4.74 Å². The molecule has 3 nitrogen and oxygen atoms in total. The zero-order chi connectivity index (χ0) is 13.6. The molecule has 0 unspecified atom stereocenters. The van der Waals surface area contributed by atoms with Crippen LogP contribution in [0.2, 0.25) is 0 Å². The summed E-state index contributed by atoms with van der Waals surface area (Å²) in [6, 6.07) is 9.47. The first-order valence-corrected chi connectivity index (χ1v) is 6.22. The van der Waals surface area contributed by atoms with E-state index in [4.69, 9.17) is 4.74 Å². The quantitative estimate of drug-likeness (QED) is 0.676. The number of fused-ring (bicyclic) bond motifs is 2. The second kappa shape index (κ2) is 4.12. The molecule has 0 aliphatic heterocycles. The van der Waals surface area contributed by atoms with Crippen molar-refractivity contribution in [1.82, 2.24) is 4.98 Å². The lowest BCUT2D eigenvalue weighted by Gasteiger charge is -2.11. The number of methoxy groups -OCH3 is 1. The Kier molecular flexibility index (Phi) is 2.56. The Morgan fingerprint density at radius 3 is 2.63 bits per heavy atom. The van der Waals surface area contributed by atoms with Gasteiger partial charge in [-0.2, -0.15) is 0 Å². The molecule has 0 aliphatic rings. The van der Waals surface area contributed by atoms with Crippen LogP contribution in [0.15, 0.2) is 35.1 Å². The Morgan fingerprint density at radius 2 is 1.89 bits per heavy atom. The van der Waals surface area contributed by atoms with E-state index in [1.54, 1.807) is 7.11 Å². The zero-order valence-corrected chi connectivity index (χ0v) is 11.2. The molecule has 0 fully saturated rings. The van der Waals surface area contributed by atoms with Crippen LogP contribution in [0.5, 0.6) is 5.75 Å².